The predicted octanol–water partition coefficient (Wildman–Crippen LogP) is 3.93. The summed E-state index contributed by atoms with van der Waals surface area (Å²) in [7, 11) is 0. The zero-order valence-electron chi connectivity index (χ0n) is 19.1. The third kappa shape index (κ3) is 4.41. The predicted molar refractivity (Wildman–Crippen MR) is 123 cm³/mol. The second-order valence-electron chi connectivity index (χ2n) is 10.9. The lowest BCUT2D eigenvalue weighted by molar-refractivity contribution is -0.139. The van der Waals surface area contributed by atoms with E-state index in [4.69, 9.17) is 0 Å². The van der Waals surface area contributed by atoms with Crippen molar-refractivity contribution in [1.29, 1.82) is 0 Å². The van der Waals surface area contributed by atoms with Crippen molar-refractivity contribution in [2.75, 3.05) is 31.5 Å². The maximum atomic E-state index is 13.3. The van der Waals surface area contributed by atoms with Crippen LogP contribution in [0.3, 0.4) is 0 Å². The van der Waals surface area contributed by atoms with Gasteiger partial charge in [-0.05, 0) is 86.3 Å². The second kappa shape index (κ2) is 8.53. The summed E-state index contributed by atoms with van der Waals surface area (Å²) in [4.78, 5) is 41.6. The molecule has 0 atom stereocenters. The Bertz CT molecular complexity index is 876. The Kier molecular flexibility index (Phi) is 5.72. The monoisotopic (exact) mass is 437 g/mol. The molecule has 5 aliphatic rings. The molecule has 4 saturated carbocycles. The first kappa shape index (κ1) is 21.5. The highest BCUT2D eigenvalue weighted by Crippen LogP contribution is 2.61. The summed E-state index contributed by atoms with van der Waals surface area (Å²) in [6, 6.07) is 7.09. The van der Waals surface area contributed by atoms with Crippen LogP contribution in [0.4, 0.5) is 5.69 Å². The van der Waals surface area contributed by atoms with E-state index in [1.165, 1.54) is 45.4 Å². The molecule has 4 bridgehead atoms. The van der Waals surface area contributed by atoms with Gasteiger partial charge in [0.25, 0.3) is 5.91 Å². The van der Waals surface area contributed by atoms with Gasteiger partial charge in [0.15, 0.2) is 0 Å². The van der Waals surface area contributed by atoms with Gasteiger partial charge in [0.2, 0.25) is 11.8 Å². The Morgan fingerprint density at radius 3 is 2.22 bits per heavy atom. The molecule has 1 heterocycles. The van der Waals surface area contributed by atoms with Crippen LogP contribution in [0.1, 0.15) is 68.6 Å². The quantitative estimate of drug-likeness (QED) is 0.776. The molecule has 0 unspecified atom stereocenters. The number of carbonyl (C=O) groups excluding carboxylic acids is 3. The zero-order valence-corrected chi connectivity index (χ0v) is 19.1. The zero-order chi connectivity index (χ0) is 22.3. The fourth-order valence-corrected chi connectivity index (χ4v) is 7.42. The Morgan fingerprint density at radius 2 is 1.56 bits per heavy atom. The van der Waals surface area contributed by atoms with Crippen molar-refractivity contribution in [3.8, 4) is 0 Å². The van der Waals surface area contributed by atoms with Crippen LogP contribution < -0.4 is 5.32 Å². The first-order chi connectivity index (χ1) is 15.4. The topological polar surface area (TPSA) is 69.7 Å². The van der Waals surface area contributed by atoms with Gasteiger partial charge in [0, 0.05) is 50.8 Å². The van der Waals surface area contributed by atoms with E-state index in [1.807, 2.05) is 9.80 Å². The molecule has 0 spiro atoms. The van der Waals surface area contributed by atoms with Gasteiger partial charge >= 0.3 is 0 Å². The van der Waals surface area contributed by atoms with Gasteiger partial charge in [-0.3, -0.25) is 14.4 Å². The van der Waals surface area contributed by atoms with Crippen LogP contribution >= 0.6 is 0 Å². The van der Waals surface area contributed by atoms with Crippen LogP contribution in [0.15, 0.2) is 24.3 Å². The van der Waals surface area contributed by atoms with Crippen LogP contribution in [0.25, 0.3) is 0 Å². The summed E-state index contributed by atoms with van der Waals surface area (Å²) < 4.78 is 0. The number of nitrogens with one attached hydrogen (secondary N) is 1. The van der Waals surface area contributed by atoms with Gasteiger partial charge in [-0.25, -0.2) is 0 Å². The van der Waals surface area contributed by atoms with Gasteiger partial charge in [-0.2, -0.15) is 0 Å². The summed E-state index contributed by atoms with van der Waals surface area (Å²) in [5.41, 5.74) is 1.47. The maximum absolute atomic E-state index is 13.3. The number of rotatable bonds is 4. The highest BCUT2D eigenvalue weighted by molar-refractivity contribution is 5.96. The van der Waals surface area contributed by atoms with Gasteiger partial charge in [-0.1, -0.05) is 6.07 Å². The van der Waals surface area contributed by atoms with E-state index in [-0.39, 0.29) is 17.2 Å². The van der Waals surface area contributed by atoms with E-state index in [2.05, 4.69) is 5.32 Å². The molecule has 0 aromatic heterocycles. The van der Waals surface area contributed by atoms with E-state index in [0.29, 0.717) is 43.2 Å². The third-order valence-corrected chi connectivity index (χ3v) is 8.26. The standard InChI is InChI=1S/C26H35N3O3/c1-18(30)27-23-5-2-4-22(13-23)25(32)29-7-3-6-28(8-9-29)24(31)17-26-14-19-10-20(15-26)12-21(11-19)16-26/h2,4-5,13,19-21H,3,6-12,14-17H2,1H3,(H,27,30). The first-order valence-electron chi connectivity index (χ1n) is 12.3. The van der Waals surface area contributed by atoms with Crippen molar-refractivity contribution in [3.63, 3.8) is 0 Å². The highest BCUT2D eigenvalue weighted by atomic mass is 16.2. The van der Waals surface area contributed by atoms with Crippen molar-refractivity contribution < 1.29 is 14.4 Å². The fraction of sp³-hybridized carbons (Fsp3) is 0.654. The Balaban J connectivity index is 1.19. The van der Waals surface area contributed by atoms with Crippen LogP contribution in [-0.4, -0.2) is 53.7 Å². The average molecular weight is 438 g/mol. The summed E-state index contributed by atoms with van der Waals surface area (Å²) in [6.45, 7) is 4.03. The number of amides is 3. The molecular formula is C26H35N3O3. The molecule has 4 aliphatic carbocycles. The van der Waals surface area contributed by atoms with Gasteiger partial charge in [-0.15, -0.1) is 0 Å². The lowest BCUT2D eigenvalue weighted by atomic mass is 9.49. The molecule has 32 heavy (non-hydrogen) atoms. The summed E-state index contributed by atoms with van der Waals surface area (Å²) >= 11 is 0. The number of anilines is 1. The lowest BCUT2D eigenvalue weighted by Crippen LogP contribution is -2.48. The van der Waals surface area contributed by atoms with Gasteiger partial charge < -0.3 is 15.1 Å². The summed E-state index contributed by atoms with van der Waals surface area (Å²) in [5.74, 6) is 2.69. The van der Waals surface area contributed by atoms with Crippen molar-refractivity contribution in [1.82, 2.24) is 9.80 Å². The highest BCUT2D eigenvalue weighted by Gasteiger charge is 2.51. The molecule has 0 radical (unpaired) electrons. The molecule has 6 heteroatoms. The van der Waals surface area contributed by atoms with Crippen LogP contribution in [-0.2, 0) is 9.59 Å². The van der Waals surface area contributed by atoms with E-state index < -0.39 is 0 Å². The van der Waals surface area contributed by atoms with E-state index in [9.17, 15) is 14.4 Å². The maximum Gasteiger partial charge on any atom is 0.253 e. The molecule has 172 valence electrons. The fourth-order valence-electron chi connectivity index (χ4n) is 7.42. The van der Waals surface area contributed by atoms with Crippen molar-refractivity contribution in [2.45, 2.75) is 58.3 Å². The molecule has 1 N–H and O–H groups in total. The molecule has 3 amide bonds. The number of nitrogens with zero attached hydrogens (tertiary/aromatic N) is 2. The number of hydrogen-bond acceptors (Lipinski definition) is 3. The molecule has 1 aromatic carbocycles. The molecular weight excluding hydrogens is 402 g/mol. The summed E-state index contributed by atoms with van der Waals surface area (Å²) in [5, 5.41) is 2.74. The SMILES string of the molecule is CC(=O)Nc1cccc(C(=O)N2CCCN(C(=O)CC34CC5CC(CC(C5)C3)C4)CC2)c1. The van der Waals surface area contributed by atoms with Crippen LogP contribution in [0.5, 0.6) is 0 Å². The lowest BCUT2D eigenvalue weighted by Gasteiger charge is -2.57. The van der Waals surface area contributed by atoms with E-state index in [0.717, 1.165) is 30.7 Å². The Labute approximate surface area is 190 Å². The number of hydrogen-bond donors (Lipinski definition) is 1. The Hall–Kier alpha value is -2.37. The molecule has 1 saturated heterocycles. The molecule has 6 nitrogen and oxygen atoms in total. The van der Waals surface area contributed by atoms with Gasteiger partial charge in [0.1, 0.15) is 0 Å². The second-order valence-corrected chi connectivity index (χ2v) is 10.9. The van der Waals surface area contributed by atoms with Crippen molar-refractivity contribution in [2.24, 2.45) is 23.2 Å². The first-order valence-corrected chi connectivity index (χ1v) is 12.3. The minimum atomic E-state index is -0.155. The summed E-state index contributed by atoms with van der Waals surface area (Å²) in [6.07, 6.45) is 9.49. The number of benzene rings is 1. The number of carbonyl (C=O) groups is 3. The molecule has 5 fully saturated rings. The largest absolute Gasteiger partial charge is 0.341 e. The minimum absolute atomic E-state index is 0.0346. The van der Waals surface area contributed by atoms with E-state index in [1.54, 1.807) is 24.3 Å². The van der Waals surface area contributed by atoms with Crippen LogP contribution in [0.2, 0.25) is 0 Å². The molecule has 6 rings (SSSR count). The van der Waals surface area contributed by atoms with Crippen LogP contribution in [0, 0.1) is 23.2 Å². The third-order valence-electron chi connectivity index (χ3n) is 8.26. The smallest absolute Gasteiger partial charge is 0.253 e. The molecule has 1 aliphatic heterocycles. The average Bonchev–Trinajstić information content (AvgIpc) is 2.98. The minimum Gasteiger partial charge on any atom is -0.341 e. The normalized spacial score (nSPS) is 31.3. The molecule has 1 aromatic rings. The van der Waals surface area contributed by atoms with E-state index >= 15 is 0 Å². The van der Waals surface area contributed by atoms with Gasteiger partial charge in [0.05, 0.1) is 0 Å². The van der Waals surface area contributed by atoms with Crippen molar-refractivity contribution in [3.05, 3.63) is 29.8 Å². The Morgan fingerprint density at radius 1 is 0.938 bits per heavy atom. The van der Waals surface area contributed by atoms with Crippen molar-refractivity contribution >= 4 is 23.4 Å².